The molecule has 0 aliphatic heterocycles. The first-order valence-corrected chi connectivity index (χ1v) is 4.62. The number of allylic oxidation sites excluding steroid dienone is 1. The molecule has 3 atom stereocenters. The van der Waals surface area contributed by atoms with Gasteiger partial charge in [0.25, 0.3) is 0 Å². The Kier molecular flexibility index (Phi) is 5.60. The Balaban J connectivity index is 4.22. The van der Waals surface area contributed by atoms with Gasteiger partial charge in [-0.1, -0.05) is 44.5 Å². The van der Waals surface area contributed by atoms with E-state index < -0.39 is 0 Å². The summed E-state index contributed by atoms with van der Waals surface area (Å²) in [4.78, 5) is 10.5. The fraction of sp³-hybridized carbons (Fsp3) is 0.800. The molecule has 2 heteroatoms. The van der Waals surface area contributed by atoms with Crippen LogP contribution in [0, 0.1) is 16.7 Å². The summed E-state index contributed by atoms with van der Waals surface area (Å²) < 4.78 is 0. The predicted molar refractivity (Wildman–Crippen MR) is 53.0 cm³/mol. The van der Waals surface area contributed by atoms with Crippen LogP contribution >= 0.6 is 0 Å². The van der Waals surface area contributed by atoms with Gasteiger partial charge in [-0.15, -0.1) is 0 Å². The van der Waals surface area contributed by atoms with Crippen LogP contribution < -0.4 is 0 Å². The van der Waals surface area contributed by atoms with Crippen LogP contribution in [-0.4, -0.2) is 6.04 Å². The summed E-state index contributed by atoms with van der Waals surface area (Å²) in [5.74, 6) is 0.649. The van der Waals surface area contributed by atoms with E-state index in [0.717, 1.165) is 6.42 Å². The van der Waals surface area contributed by atoms with Crippen molar-refractivity contribution in [3.63, 3.8) is 0 Å². The number of nitroso groups, excluding NO2 is 1. The summed E-state index contributed by atoms with van der Waals surface area (Å²) in [5.41, 5.74) is 0. The van der Waals surface area contributed by atoms with Crippen molar-refractivity contribution in [1.82, 2.24) is 0 Å². The molecule has 0 fully saturated rings. The second-order valence-electron chi connectivity index (χ2n) is 3.37. The zero-order valence-electron chi connectivity index (χ0n) is 8.45. The van der Waals surface area contributed by atoms with Crippen LogP contribution in [0.1, 0.15) is 34.1 Å². The molecule has 0 heterocycles. The highest BCUT2D eigenvalue weighted by molar-refractivity contribution is 4.91. The first kappa shape index (κ1) is 11.3. The number of hydrogen-bond donors (Lipinski definition) is 0. The highest BCUT2D eigenvalue weighted by Crippen LogP contribution is 2.20. The molecule has 0 aromatic rings. The van der Waals surface area contributed by atoms with E-state index in [2.05, 4.69) is 19.0 Å². The lowest BCUT2D eigenvalue weighted by Gasteiger charge is -2.19. The summed E-state index contributed by atoms with van der Waals surface area (Å²) in [5, 5.41) is 3.18. The van der Waals surface area contributed by atoms with E-state index in [-0.39, 0.29) is 12.0 Å². The molecule has 70 valence electrons. The van der Waals surface area contributed by atoms with Crippen LogP contribution in [-0.2, 0) is 0 Å². The number of hydrogen-bond acceptors (Lipinski definition) is 2. The Bertz CT molecular complexity index is 154. The Morgan fingerprint density at radius 3 is 2.33 bits per heavy atom. The highest BCUT2D eigenvalue weighted by Gasteiger charge is 2.20. The van der Waals surface area contributed by atoms with Gasteiger partial charge in [0.15, 0.2) is 0 Å². The van der Waals surface area contributed by atoms with Gasteiger partial charge in [0, 0.05) is 5.92 Å². The third-order valence-electron chi connectivity index (χ3n) is 2.38. The van der Waals surface area contributed by atoms with Crippen molar-refractivity contribution >= 4 is 0 Å². The molecule has 2 nitrogen and oxygen atoms in total. The lowest BCUT2D eigenvalue weighted by Crippen LogP contribution is -2.21. The largest absolute Gasteiger partial charge is 0.150 e. The molecule has 0 saturated heterocycles. The molecular formula is C10H19NO. The van der Waals surface area contributed by atoms with Crippen LogP contribution in [0.25, 0.3) is 0 Å². The molecule has 0 saturated carbocycles. The quantitative estimate of drug-likeness (QED) is 0.458. The highest BCUT2D eigenvalue weighted by atomic mass is 16.3. The molecule has 3 unspecified atom stereocenters. The Morgan fingerprint density at radius 2 is 2.00 bits per heavy atom. The maximum absolute atomic E-state index is 10.5. The van der Waals surface area contributed by atoms with E-state index in [1.165, 1.54) is 0 Å². The molecule has 0 aromatic heterocycles. The lowest BCUT2D eigenvalue weighted by molar-refractivity contribution is 0.379. The molecule has 0 radical (unpaired) electrons. The third-order valence-corrected chi connectivity index (χ3v) is 2.38. The molecule has 0 bridgehead atoms. The van der Waals surface area contributed by atoms with Crippen molar-refractivity contribution in [2.75, 3.05) is 0 Å². The standard InChI is InChI=1S/C10H19NO/c1-5-7-9(4)10(11-12)8(3)6-2/h5,7-10H,6H2,1-4H3/b7-5-. The molecule has 0 aliphatic rings. The molecule has 12 heavy (non-hydrogen) atoms. The zero-order valence-corrected chi connectivity index (χ0v) is 8.45. The summed E-state index contributed by atoms with van der Waals surface area (Å²) in [6.45, 7) is 8.17. The maximum atomic E-state index is 10.5. The topological polar surface area (TPSA) is 29.4 Å². The van der Waals surface area contributed by atoms with Crippen molar-refractivity contribution in [1.29, 1.82) is 0 Å². The molecule has 0 amide bonds. The van der Waals surface area contributed by atoms with Crippen LogP contribution in [0.3, 0.4) is 0 Å². The van der Waals surface area contributed by atoms with Crippen molar-refractivity contribution in [2.45, 2.75) is 40.2 Å². The lowest BCUT2D eigenvalue weighted by atomic mass is 9.89. The molecule has 0 rings (SSSR count). The van der Waals surface area contributed by atoms with E-state index in [9.17, 15) is 4.91 Å². The van der Waals surface area contributed by atoms with Crippen molar-refractivity contribution in [3.05, 3.63) is 17.1 Å². The van der Waals surface area contributed by atoms with Crippen molar-refractivity contribution in [3.8, 4) is 0 Å². The second-order valence-corrected chi connectivity index (χ2v) is 3.37. The third kappa shape index (κ3) is 3.16. The summed E-state index contributed by atoms with van der Waals surface area (Å²) in [7, 11) is 0. The minimum atomic E-state index is -0.0637. The van der Waals surface area contributed by atoms with Gasteiger partial charge in [-0.2, -0.15) is 4.91 Å². The normalized spacial score (nSPS) is 19.0. The molecule has 0 spiro atoms. The average molecular weight is 169 g/mol. The summed E-state index contributed by atoms with van der Waals surface area (Å²) in [6, 6.07) is -0.0637. The van der Waals surface area contributed by atoms with Gasteiger partial charge < -0.3 is 0 Å². The fourth-order valence-corrected chi connectivity index (χ4v) is 1.38. The second kappa shape index (κ2) is 5.92. The SMILES string of the molecule is C/C=C\C(C)C(N=O)C(C)CC. The first-order valence-electron chi connectivity index (χ1n) is 4.62. The van der Waals surface area contributed by atoms with Crippen LogP contribution in [0.4, 0.5) is 0 Å². The zero-order chi connectivity index (χ0) is 9.56. The predicted octanol–water partition coefficient (Wildman–Crippen LogP) is 3.38. The van der Waals surface area contributed by atoms with Gasteiger partial charge >= 0.3 is 0 Å². The molecular weight excluding hydrogens is 150 g/mol. The molecule has 0 N–H and O–H groups in total. The maximum Gasteiger partial charge on any atom is 0.100 e. The van der Waals surface area contributed by atoms with Gasteiger partial charge in [0.2, 0.25) is 0 Å². The van der Waals surface area contributed by atoms with E-state index in [0.29, 0.717) is 5.92 Å². The van der Waals surface area contributed by atoms with Crippen molar-refractivity contribution < 1.29 is 0 Å². The number of rotatable bonds is 5. The van der Waals surface area contributed by atoms with Gasteiger partial charge in [0.1, 0.15) is 6.04 Å². The van der Waals surface area contributed by atoms with Gasteiger partial charge in [0.05, 0.1) is 0 Å². The summed E-state index contributed by atoms with van der Waals surface area (Å²) >= 11 is 0. The van der Waals surface area contributed by atoms with Crippen LogP contribution in [0.2, 0.25) is 0 Å². The van der Waals surface area contributed by atoms with E-state index in [4.69, 9.17) is 0 Å². The smallest absolute Gasteiger partial charge is 0.100 e. The number of nitrogens with zero attached hydrogens (tertiary/aromatic N) is 1. The molecule has 0 aliphatic carbocycles. The summed E-state index contributed by atoms with van der Waals surface area (Å²) in [6.07, 6.45) is 5.03. The molecule has 0 aromatic carbocycles. The average Bonchev–Trinajstić information content (AvgIpc) is 2.06. The van der Waals surface area contributed by atoms with Gasteiger partial charge in [-0.05, 0) is 12.8 Å². The van der Waals surface area contributed by atoms with Gasteiger partial charge in [-0.25, -0.2) is 0 Å². The monoisotopic (exact) mass is 169 g/mol. The van der Waals surface area contributed by atoms with E-state index >= 15 is 0 Å². The Labute approximate surface area is 75.0 Å². The fourth-order valence-electron chi connectivity index (χ4n) is 1.38. The van der Waals surface area contributed by atoms with E-state index in [1.54, 1.807) is 0 Å². The Morgan fingerprint density at radius 1 is 1.42 bits per heavy atom. The first-order chi connectivity index (χ1) is 5.67. The van der Waals surface area contributed by atoms with E-state index in [1.807, 2.05) is 26.0 Å². The van der Waals surface area contributed by atoms with Crippen LogP contribution in [0.5, 0.6) is 0 Å². The minimum absolute atomic E-state index is 0.0637. The van der Waals surface area contributed by atoms with Crippen LogP contribution in [0.15, 0.2) is 17.3 Å². The van der Waals surface area contributed by atoms with Crippen molar-refractivity contribution in [2.24, 2.45) is 17.0 Å². The minimum Gasteiger partial charge on any atom is -0.150 e. The Hall–Kier alpha value is -0.660. The van der Waals surface area contributed by atoms with Gasteiger partial charge in [-0.3, -0.25) is 0 Å².